The molecule has 0 atom stereocenters. The lowest BCUT2D eigenvalue weighted by molar-refractivity contribution is -0.642. The summed E-state index contributed by atoms with van der Waals surface area (Å²) in [5.41, 5.74) is 3.06. The molecule has 0 amide bonds. The van der Waals surface area contributed by atoms with E-state index in [1.165, 1.54) is 15.2 Å². The van der Waals surface area contributed by atoms with Gasteiger partial charge in [-0.2, -0.15) is 4.57 Å². The average molecular weight is 439 g/mol. The van der Waals surface area contributed by atoms with Crippen molar-refractivity contribution in [2.24, 2.45) is 7.05 Å². The number of hydrogen-bond acceptors (Lipinski definition) is 5. The Bertz CT molecular complexity index is 1380. The smallest absolute Gasteiger partial charge is 0.263 e. The molecule has 0 saturated carbocycles. The Labute approximate surface area is 192 Å². The molecule has 0 fully saturated rings. The molecule has 4 aromatic rings. The van der Waals surface area contributed by atoms with Gasteiger partial charge in [0.25, 0.3) is 5.01 Å². The number of thiazole rings is 1. The van der Waals surface area contributed by atoms with E-state index in [0.717, 1.165) is 41.6 Å². The summed E-state index contributed by atoms with van der Waals surface area (Å²) < 4.78 is 3.47. The van der Waals surface area contributed by atoms with Crippen molar-refractivity contribution >= 4 is 50.3 Å². The third-order valence-electron chi connectivity index (χ3n) is 5.60. The number of benzene rings is 2. The van der Waals surface area contributed by atoms with Crippen LogP contribution in [0.4, 0.5) is 11.6 Å². The quantitative estimate of drug-likeness (QED) is 0.337. The van der Waals surface area contributed by atoms with Crippen LogP contribution >= 0.6 is 11.3 Å². The van der Waals surface area contributed by atoms with Crippen LogP contribution in [0.25, 0.3) is 27.3 Å². The van der Waals surface area contributed by atoms with E-state index in [2.05, 4.69) is 77.4 Å². The fourth-order valence-electron chi connectivity index (χ4n) is 4.02. The van der Waals surface area contributed by atoms with Gasteiger partial charge in [0, 0.05) is 31.3 Å². The molecular formula is C26H24N5S+. The highest BCUT2D eigenvalue weighted by Gasteiger charge is 2.32. The molecule has 3 heterocycles. The minimum Gasteiger partial charge on any atom is -0.309 e. The highest BCUT2D eigenvalue weighted by molar-refractivity contribution is 7.18. The summed E-state index contributed by atoms with van der Waals surface area (Å²) >= 11 is 1.77. The second kappa shape index (κ2) is 8.45. The number of para-hydroxylation sites is 3. The van der Waals surface area contributed by atoms with Crippen molar-refractivity contribution in [2.75, 3.05) is 22.9 Å². The Kier molecular flexibility index (Phi) is 5.34. The van der Waals surface area contributed by atoms with Crippen LogP contribution in [0.15, 0.2) is 66.5 Å². The molecule has 0 spiro atoms. The Morgan fingerprint density at radius 1 is 0.906 bits per heavy atom. The third kappa shape index (κ3) is 3.41. The molecule has 1 aliphatic rings. The molecule has 0 aliphatic carbocycles. The van der Waals surface area contributed by atoms with Crippen LogP contribution in [0.3, 0.4) is 0 Å². The van der Waals surface area contributed by atoms with Crippen molar-refractivity contribution in [3.8, 4) is 11.8 Å². The Hall–Kier alpha value is -3.69. The summed E-state index contributed by atoms with van der Waals surface area (Å²) in [5.74, 6) is 9.20. The van der Waals surface area contributed by atoms with E-state index in [0.29, 0.717) is 0 Å². The lowest BCUT2D eigenvalue weighted by Crippen LogP contribution is -2.28. The van der Waals surface area contributed by atoms with Crippen molar-refractivity contribution in [1.29, 1.82) is 0 Å². The van der Waals surface area contributed by atoms with Gasteiger partial charge in [-0.15, -0.1) is 0 Å². The Morgan fingerprint density at radius 2 is 1.53 bits per heavy atom. The average Bonchev–Trinajstić information content (AvgIpc) is 3.30. The zero-order valence-corrected chi connectivity index (χ0v) is 19.2. The Morgan fingerprint density at radius 3 is 2.16 bits per heavy atom. The minimum atomic E-state index is 0.803. The number of hydrogen-bond donors (Lipinski definition) is 0. The van der Waals surface area contributed by atoms with E-state index in [1.807, 2.05) is 36.4 Å². The maximum absolute atomic E-state index is 4.89. The van der Waals surface area contributed by atoms with Crippen LogP contribution in [0.5, 0.6) is 0 Å². The fourth-order valence-corrected chi connectivity index (χ4v) is 5.07. The molecule has 32 heavy (non-hydrogen) atoms. The Balaban J connectivity index is 1.45. The lowest BCUT2D eigenvalue weighted by Gasteiger charge is -2.21. The van der Waals surface area contributed by atoms with E-state index in [9.17, 15) is 0 Å². The standard InChI is InChI=1S/C26H24N5S/c1-4-30-23(31(5-2)26-25(30)27-19-13-9-10-14-20(19)28-26)17-7-6-8-18-24-29(3)21-15-11-12-16-22(21)32-24/h8-18H,4-5H2,1-3H3/q+1. The SMILES string of the molecule is CCN1C(=CC#CC=Cc2sc3ccccc3[n+]2C)N(CC)c2nc3ccccc3nc21. The summed E-state index contributed by atoms with van der Waals surface area (Å²) in [7, 11) is 2.09. The second-order valence-electron chi connectivity index (χ2n) is 7.44. The highest BCUT2D eigenvalue weighted by atomic mass is 32.1. The third-order valence-corrected chi connectivity index (χ3v) is 6.78. The van der Waals surface area contributed by atoms with E-state index in [1.54, 1.807) is 11.3 Å². The maximum atomic E-state index is 4.89. The van der Waals surface area contributed by atoms with Gasteiger partial charge in [-0.3, -0.25) is 0 Å². The van der Waals surface area contributed by atoms with Crippen LogP contribution in [0.1, 0.15) is 18.9 Å². The van der Waals surface area contributed by atoms with Crippen LogP contribution in [0.2, 0.25) is 0 Å². The van der Waals surface area contributed by atoms with E-state index >= 15 is 0 Å². The molecule has 0 N–H and O–H groups in total. The predicted molar refractivity (Wildman–Crippen MR) is 133 cm³/mol. The number of allylic oxidation sites excluding steroid dienone is 2. The predicted octanol–water partition coefficient (Wildman–Crippen LogP) is 4.89. The molecular weight excluding hydrogens is 414 g/mol. The summed E-state index contributed by atoms with van der Waals surface area (Å²) in [6, 6.07) is 16.4. The van der Waals surface area contributed by atoms with Crippen molar-refractivity contribution in [2.45, 2.75) is 13.8 Å². The van der Waals surface area contributed by atoms with Crippen LogP contribution in [0, 0.1) is 11.8 Å². The number of fused-ring (bicyclic) bond motifs is 3. The monoisotopic (exact) mass is 438 g/mol. The normalized spacial score (nSPS) is 13.2. The van der Waals surface area contributed by atoms with Gasteiger partial charge in [-0.1, -0.05) is 47.4 Å². The molecule has 5 nitrogen and oxygen atoms in total. The molecule has 158 valence electrons. The first-order valence-electron chi connectivity index (χ1n) is 10.8. The molecule has 5 rings (SSSR count). The summed E-state index contributed by atoms with van der Waals surface area (Å²) in [5, 5.41) is 1.17. The first kappa shape index (κ1) is 20.2. The highest BCUT2D eigenvalue weighted by Crippen LogP contribution is 2.39. The van der Waals surface area contributed by atoms with Crippen LogP contribution in [-0.2, 0) is 7.05 Å². The number of rotatable bonds is 3. The summed E-state index contributed by atoms with van der Waals surface area (Å²) in [4.78, 5) is 14.1. The van der Waals surface area contributed by atoms with Gasteiger partial charge in [0.2, 0.25) is 5.52 Å². The van der Waals surface area contributed by atoms with Crippen molar-refractivity contribution < 1.29 is 4.57 Å². The number of aromatic nitrogens is 3. The first-order valence-corrected chi connectivity index (χ1v) is 11.6. The molecule has 2 aromatic heterocycles. The van der Waals surface area contributed by atoms with Gasteiger partial charge in [-0.05, 0) is 38.1 Å². The fraction of sp³-hybridized carbons (Fsp3) is 0.192. The number of nitrogens with zero attached hydrogens (tertiary/aromatic N) is 5. The number of anilines is 2. The van der Waals surface area contributed by atoms with Crippen LogP contribution < -0.4 is 14.4 Å². The molecule has 0 bridgehead atoms. The zero-order chi connectivity index (χ0) is 22.1. The molecule has 6 heteroatoms. The first-order chi connectivity index (χ1) is 15.7. The number of aryl methyl sites for hydroxylation is 1. The van der Waals surface area contributed by atoms with Crippen molar-refractivity contribution in [1.82, 2.24) is 9.97 Å². The van der Waals surface area contributed by atoms with Gasteiger partial charge in [0.05, 0.1) is 11.0 Å². The van der Waals surface area contributed by atoms with Gasteiger partial charge >= 0.3 is 0 Å². The van der Waals surface area contributed by atoms with Gasteiger partial charge < -0.3 is 9.80 Å². The molecule has 0 unspecified atom stereocenters. The van der Waals surface area contributed by atoms with Gasteiger partial charge in [0.1, 0.15) is 17.6 Å². The molecule has 2 aromatic carbocycles. The van der Waals surface area contributed by atoms with E-state index in [-0.39, 0.29) is 0 Å². The molecule has 1 aliphatic heterocycles. The minimum absolute atomic E-state index is 0.803. The second-order valence-corrected chi connectivity index (χ2v) is 8.50. The van der Waals surface area contributed by atoms with Gasteiger partial charge in [0.15, 0.2) is 11.6 Å². The summed E-state index contributed by atoms with van der Waals surface area (Å²) in [6.07, 6.45) is 5.96. The molecule has 0 radical (unpaired) electrons. The topological polar surface area (TPSA) is 36.1 Å². The largest absolute Gasteiger partial charge is 0.309 e. The van der Waals surface area contributed by atoms with Crippen molar-refractivity contribution in [3.05, 3.63) is 71.5 Å². The maximum Gasteiger partial charge on any atom is 0.263 e. The summed E-state index contributed by atoms with van der Waals surface area (Å²) in [6.45, 7) is 5.86. The van der Waals surface area contributed by atoms with Crippen molar-refractivity contribution in [3.63, 3.8) is 0 Å². The van der Waals surface area contributed by atoms with Crippen LogP contribution in [-0.4, -0.2) is 23.1 Å². The molecule has 0 saturated heterocycles. The van der Waals surface area contributed by atoms with Gasteiger partial charge in [-0.25, -0.2) is 9.97 Å². The van der Waals surface area contributed by atoms with E-state index in [4.69, 9.17) is 9.97 Å². The lowest BCUT2D eigenvalue weighted by atomic mass is 10.3. The van der Waals surface area contributed by atoms with E-state index < -0.39 is 0 Å². The zero-order valence-electron chi connectivity index (χ0n) is 18.4.